The van der Waals surface area contributed by atoms with E-state index in [1.807, 2.05) is 6.07 Å². The summed E-state index contributed by atoms with van der Waals surface area (Å²) < 4.78 is 38.1. The molecule has 11 heteroatoms. The smallest absolute Gasteiger partial charge is 0.351 e. The zero-order valence-electron chi connectivity index (χ0n) is 17.1. The molecule has 5 bridgehead atoms. The maximum atomic E-state index is 13.2. The second-order valence-corrected chi connectivity index (χ2v) is 8.21. The number of hydrogen-bond acceptors (Lipinski definition) is 5. The highest BCUT2D eigenvalue weighted by Crippen LogP contribution is 2.39. The Hall–Kier alpha value is -3.76. The molecule has 1 aromatic heterocycles. The number of halogens is 3. The molecule has 4 amide bonds. The van der Waals surface area contributed by atoms with Gasteiger partial charge in [-0.3, -0.25) is 24.2 Å². The first-order valence-electron chi connectivity index (χ1n) is 10.3. The van der Waals surface area contributed by atoms with Crippen molar-refractivity contribution in [2.45, 2.75) is 31.5 Å². The predicted octanol–water partition coefficient (Wildman–Crippen LogP) is 2.26. The van der Waals surface area contributed by atoms with E-state index >= 15 is 0 Å². The Bertz CT molecular complexity index is 1200. The van der Waals surface area contributed by atoms with E-state index in [4.69, 9.17) is 0 Å². The number of nitrogens with zero attached hydrogens (tertiary/aromatic N) is 3. The van der Waals surface area contributed by atoms with Crippen molar-refractivity contribution in [2.75, 3.05) is 6.54 Å². The number of alkyl halides is 3. The zero-order valence-corrected chi connectivity index (χ0v) is 17.1. The Morgan fingerprint density at radius 2 is 1.94 bits per heavy atom. The molecule has 2 aromatic rings. The van der Waals surface area contributed by atoms with Gasteiger partial charge in [0.15, 0.2) is 0 Å². The number of fused-ring (bicyclic) bond motifs is 5. The first-order valence-corrected chi connectivity index (χ1v) is 10.3. The van der Waals surface area contributed by atoms with E-state index in [1.54, 1.807) is 12.1 Å². The average Bonchev–Trinajstić information content (AvgIpc) is 3.10. The molecule has 3 aliphatic heterocycles. The second-order valence-electron chi connectivity index (χ2n) is 8.21. The van der Waals surface area contributed by atoms with Gasteiger partial charge in [-0.1, -0.05) is 12.1 Å². The summed E-state index contributed by atoms with van der Waals surface area (Å²) in [7, 11) is 0. The van der Waals surface area contributed by atoms with Gasteiger partial charge in [0.2, 0.25) is 5.91 Å². The van der Waals surface area contributed by atoms with Crippen molar-refractivity contribution in [3.8, 4) is 0 Å². The molecular weight excluding hydrogens is 441 g/mol. The Balaban J connectivity index is 1.43. The van der Waals surface area contributed by atoms with Crippen LogP contribution in [0.2, 0.25) is 0 Å². The topological polar surface area (TPSA) is 99.7 Å². The second kappa shape index (κ2) is 7.39. The van der Waals surface area contributed by atoms with Crippen LogP contribution in [-0.4, -0.2) is 45.2 Å². The summed E-state index contributed by atoms with van der Waals surface area (Å²) in [6.07, 6.45) is -3.42. The SMILES string of the molecule is O=C(NCC1c2ccc3c(c2)CN(C3=O)N2C(=O)CCC1C2=O)c1ccc(C(F)(F)F)nc1. The normalized spacial score (nSPS) is 21.7. The summed E-state index contributed by atoms with van der Waals surface area (Å²) in [6.45, 7) is 0.132. The van der Waals surface area contributed by atoms with Crippen LogP contribution in [0.5, 0.6) is 0 Å². The monoisotopic (exact) mass is 458 g/mol. The van der Waals surface area contributed by atoms with Crippen molar-refractivity contribution in [3.05, 3.63) is 64.5 Å². The van der Waals surface area contributed by atoms with Gasteiger partial charge in [0.05, 0.1) is 12.1 Å². The molecule has 170 valence electrons. The summed E-state index contributed by atoms with van der Waals surface area (Å²) in [4.78, 5) is 54.3. The molecule has 8 nitrogen and oxygen atoms in total. The van der Waals surface area contributed by atoms with Gasteiger partial charge in [0, 0.05) is 36.6 Å². The number of hydrazine groups is 1. The van der Waals surface area contributed by atoms with Crippen molar-refractivity contribution < 1.29 is 32.3 Å². The highest BCUT2D eigenvalue weighted by atomic mass is 19.4. The van der Waals surface area contributed by atoms with E-state index in [1.165, 1.54) is 5.01 Å². The van der Waals surface area contributed by atoms with Crippen molar-refractivity contribution in [1.82, 2.24) is 20.3 Å². The standard InChI is InChI=1S/C22H17F3N4O4/c23-22(24,25)17-5-2-12(8-26-17)19(31)27-9-16-11-1-3-14-13(7-11)10-28(20(14)32)29-18(30)6-4-15(16)21(29)33/h1-3,5,7-8,15-16H,4,6,9-10H2,(H,27,31). The number of piperidine rings is 1. The number of amides is 4. The maximum Gasteiger partial charge on any atom is 0.433 e. The first kappa shape index (κ1) is 21.1. The van der Waals surface area contributed by atoms with Gasteiger partial charge in [-0.05, 0) is 35.7 Å². The molecule has 33 heavy (non-hydrogen) atoms. The minimum absolute atomic E-state index is 0.0189. The average molecular weight is 458 g/mol. The quantitative estimate of drug-likeness (QED) is 0.712. The molecule has 1 aromatic carbocycles. The Morgan fingerprint density at radius 3 is 2.64 bits per heavy atom. The summed E-state index contributed by atoms with van der Waals surface area (Å²) in [5, 5.41) is 4.77. The lowest BCUT2D eigenvalue weighted by Crippen LogP contribution is -2.56. The van der Waals surface area contributed by atoms with Crippen LogP contribution in [0.1, 0.15) is 56.3 Å². The minimum Gasteiger partial charge on any atom is -0.351 e. The van der Waals surface area contributed by atoms with E-state index in [9.17, 15) is 32.3 Å². The predicted molar refractivity (Wildman–Crippen MR) is 105 cm³/mol. The third-order valence-electron chi connectivity index (χ3n) is 6.30. The van der Waals surface area contributed by atoms with Gasteiger partial charge in [0.25, 0.3) is 17.7 Å². The number of carbonyl (C=O) groups excluding carboxylic acids is 4. The molecule has 1 saturated heterocycles. The molecule has 3 aliphatic rings. The van der Waals surface area contributed by atoms with Gasteiger partial charge >= 0.3 is 6.18 Å². The van der Waals surface area contributed by atoms with Gasteiger partial charge in [0.1, 0.15) is 5.69 Å². The lowest BCUT2D eigenvalue weighted by Gasteiger charge is -2.38. The van der Waals surface area contributed by atoms with E-state index in [-0.39, 0.29) is 31.5 Å². The number of imide groups is 1. The van der Waals surface area contributed by atoms with Gasteiger partial charge < -0.3 is 5.32 Å². The number of pyridine rings is 1. The first-order chi connectivity index (χ1) is 15.6. The fourth-order valence-corrected chi connectivity index (χ4v) is 4.63. The van der Waals surface area contributed by atoms with E-state index in [0.717, 1.165) is 28.9 Å². The summed E-state index contributed by atoms with van der Waals surface area (Å²) in [5.41, 5.74) is 0.695. The van der Waals surface area contributed by atoms with Crippen LogP contribution in [0.25, 0.3) is 0 Å². The molecule has 2 unspecified atom stereocenters. The lowest BCUT2D eigenvalue weighted by atomic mass is 9.79. The van der Waals surface area contributed by atoms with E-state index < -0.39 is 47.3 Å². The molecule has 2 atom stereocenters. The highest BCUT2D eigenvalue weighted by Gasteiger charge is 2.47. The van der Waals surface area contributed by atoms with Crippen molar-refractivity contribution >= 4 is 23.6 Å². The molecule has 1 fully saturated rings. The van der Waals surface area contributed by atoms with E-state index in [0.29, 0.717) is 11.1 Å². The minimum atomic E-state index is -4.61. The molecule has 5 rings (SSSR count). The van der Waals surface area contributed by atoms with Gasteiger partial charge in [-0.25, -0.2) is 5.01 Å². The number of hydrogen-bond donors (Lipinski definition) is 1. The third kappa shape index (κ3) is 3.43. The number of aromatic nitrogens is 1. The largest absolute Gasteiger partial charge is 0.433 e. The van der Waals surface area contributed by atoms with Crippen LogP contribution in [-0.2, 0) is 22.3 Å². The van der Waals surface area contributed by atoms with Crippen LogP contribution < -0.4 is 5.32 Å². The fraction of sp³-hybridized carbons (Fsp3) is 0.318. The van der Waals surface area contributed by atoms with Crippen molar-refractivity contribution in [2.24, 2.45) is 5.92 Å². The summed E-state index contributed by atoms with van der Waals surface area (Å²) in [5.74, 6) is -3.12. The molecule has 0 spiro atoms. The van der Waals surface area contributed by atoms with Crippen LogP contribution in [0.4, 0.5) is 13.2 Å². The van der Waals surface area contributed by atoms with Crippen LogP contribution >= 0.6 is 0 Å². The molecule has 4 heterocycles. The molecule has 0 radical (unpaired) electrons. The zero-order chi connectivity index (χ0) is 23.5. The van der Waals surface area contributed by atoms with Crippen LogP contribution in [0.15, 0.2) is 36.5 Å². The van der Waals surface area contributed by atoms with Crippen molar-refractivity contribution in [1.29, 1.82) is 0 Å². The molecular formula is C22H17F3N4O4. The maximum absolute atomic E-state index is 13.2. The Kier molecular flexibility index (Phi) is 4.73. The van der Waals surface area contributed by atoms with Crippen molar-refractivity contribution in [3.63, 3.8) is 0 Å². The third-order valence-corrected chi connectivity index (χ3v) is 6.30. The molecule has 0 aliphatic carbocycles. The van der Waals surface area contributed by atoms with Crippen LogP contribution in [0, 0.1) is 5.92 Å². The van der Waals surface area contributed by atoms with Gasteiger partial charge in [-0.15, -0.1) is 0 Å². The summed E-state index contributed by atoms with van der Waals surface area (Å²) >= 11 is 0. The highest BCUT2D eigenvalue weighted by molar-refractivity contribution is 6.05. The fourth-order valence-electron chi connectivity index (χ4n) is 4.63. The number of carbonyl (C=O) groups is 4. The summed E-state index contributed by atoms with van der Waals surface area (Å²) in [6, 6.07) is 6.96. The van der Waals surface area contributed by atoms with Gasteiger partial charge in [-0.2, -0.15) is 18.2 Å². The number of nitrogens with one attached hydrogen (secondary N) is 1. The number of rotatable bonds is 3. The molecule has 1 N–H and O–H groups in total. The van der Waals surface area contributed by atoms with E-state index in [2.05, 4.69) is 10.3 Å². The number of benzene rings is 1. The Labute approximate surface area is 185 Å². The lowest BCUT2D eigenvalue weighted by molar-refractivity contribution is -0.168. The molecule has 0 saturated carbocycles. The van der Waals surface area contributed by atoms with Crippen LogP contribution in [0.3, 0.4) is 0 Å². The Morgan fingerprint density at radius 1 is 1.15 bits per heavy atom.